The number of nitrogens with one attached hydrogen (secondary N) is 1. The van der Waals surface area contributed by atoms with Crippen molar-refractivity contribution in [3.05, 3.63) is 59.7 Å². The molecule has 1 N–H and O–H groups in total. The second-order valence-electron chi connectivity index (χ2n) is 7.22. The van der Waals surface area contributed by atoms with Crippen LogP contribution in [0.3, 0.4) is 0 Å². The van der Waals surface area contributed by atoms with Crippen molar-refractivity contribution in [3.63, 3.8) is 0 Å². The molecule has 0 spiro atoms. The SMILES string of the molecule is C/C=C/c1ccc(OCC(=O)O[C@H](C)C(=O)Nc2ccccc2[C@H](C)CC)c(OC)c1. The van der Waals surface area contributed by atoms with Gasteiger partial charge >= 0.3 is 5.97 Å². The molecule has 0 unspecified atom stereocenters. The average Bonchev–Trinajstić information content (AvgIpc) is 2.78. The van der Waals surface area contributed by atoms with Gasteiger partial charge < -0.3 is 19.5 Å². The monoisotopic (exact) mass is 425 g/mol. The summed E-state index contributed by atoms with van der Waals surface area (Å²) in [6.45, 7) is 7.32. The van der Waals surface area contributed by atoms with Gasteiger partial charge in [-0.1, -0.05) is 50.3 Å². The van der Waals surface area contributed by atoms with Crippen molar-refractivity contribution in [3.8, 4) is 11.5 Å². The number of benzene rings is 2. The Balaban J connectivity index is 1.94. The molecule has 0 heterocycles. The molecule has 0 saturated carbocycles. The van der Waals surface area contributed by atoms with E-state index in [1.54, 1.807) is 6.07 Å². The number of amides is 1. The fraction of sp³-hybridized carbons (Fsp3) is 0.360. The minimum atomic E-state index is -0.958. The maximum atomic E-state index is 12.5. The molecule has 6 heteroatoms. The summed E-state index contributed by atoms with van der Waals surface area (Å²) in [7, 11) is 1.53. The molecule has 0 radical (unpaired) electrons. The zero-order chi connectivity index (χ0) is 22.8. The molecule has 166 valence electrons. The Hall–Kier alpha value is -3.28. The van der Waals surface area contributed by atoms with E-state index in [0.29, 0.717) is 17.4 Å². The fourth-order valence-corrected chi connectivity index (χ4v) is 3.02. The molecule has 2 aromatic rings. The van der Waals surface area contributed by atoms with Gasteiger partial charge in [0.1, 0.15) is 0 Å². The maximum Gasteiger partial charge on any atom is 0.344 e. The van der Waals surface area contributed by atoms with Crippen LogP contribution in [-0.2, 0) is 14.3 Å². The molecule has 2 aromatic carbocycles. The standard InChI is InChI=1S/C25H31NO5/c1-6-10-19-13-14-22(23(15-19)29-5)30-16-24(27)31-18(4)25(28)26-21-12-9-8-11-20(21)17(3)7-2/h6,8-15,17-18H,7,16H2,1-5H3,(H,26,28)/b10-6+/t17-,18-/m1/s1. The number of anilines is 1. The molecular weight excluding hydrogens is 394 g/mol. The lowest BCUT2D eigenvalue weighted by Gasteiger charge is -2.18. The van der Waals surface area contributed by atoms with Crippen LogP contribution in [0.15, 0.2) is 48.5 Å². The van der Waals surface area contributed by atoms with Crippen LogP contribution in [0.25, 0.3) is 6.08 Å². The minimum Gasteiger partial charge on any atom is -0.493 e. The Bertz CT molecular complexity index is 922. The number of hydrogen-bond acceptors (Lipinski definition) is 5. The number of rotatable bonds is 10. The second kappa shape index (κ2) is 11.8. The van der Waals surface area contributed by atoms with Crippen molar-refractivity contribution >= 4 is 23.6 Å². The molecule has 2 atom stereocenters. The molecule has 0 saturated heterocycles. The second-order valence-corrected chi connectivity index (χ2v) is 7.22. The first-order chi connectivity index (χ1) is 14.9. The lowest BCUT2D eigenvalue weighted by Crippen LogP contribution is -2.32. The van der Waals surface area contributed by atoms with Crippen molar-refractivity contribution in [1.29, 1.82) is 0 Å². The van der Waals surface area contributed by atoms with Crippen LogP contribution >= 0.6 is 0 Å². The number of para-hydroxylation sites is 1. The third-order valence-electron chi connectivity index (χ3n) is 4.93. The van der Waals surface area contributed by atoms with Gasteiger partial charge in [-0.15, -0.1) is 0 Å². The topological polar surface area (TPSA) is 73.9 Å². The summed E-state index contributed by atoms with van der Waals surface area (Å²) in [5, 5.41) is 2.86. The smallest absolute Gasteiger partial charge is 0.344 e. The molecule has 6 nitrogen and oxygen atoms in total. The van der Waals surface area contributed by atoms with Gasteiger partial charge in [-0.05, 0) is 55.5 Å². The zero-order valence-corrected chi connectivity index (χ0v) is 18.8. The highest BCUT2D eigenvalue weighted by atomic mass is 16.6. The van der Waals surface area contributed by atoms with E-state index in [0.717, 1.165) is 23.2 Å². The molecule has 0 bridgehead atoms. The quantitative estimate of drug-likeness (QED) is 0.530. The van der Waals surface area contributed by atoms with E-state index in [1.807, 2.05) is 55.5 Å². The highest BCUT2D eigenvalue weighted by Crippen LogP contribution is 2.29. The lowest BCUT2D eigenvalue weighted by molar-refractivity contribution is -0.155. The van der Waals surface area contributed by atoms with Gasteiger partial charge in [0.05, 0.1) is 7.11 Å². The summed E-state index contributed by atoms with van der Waals surface area (Å²) in [4.78, 5) is 24.7. The summed E-state index contributed by atoms with van der Waals surface area (Å²) >= 11 is 0. The van der Waals surface area contributed by atoms with Gasteiger partial charge in [0.25, 0.3) is 5.91 Å². The average molecular weight is 426 g/mol. The fourth-order valence-electron chi connectivity index (χ4n) is 3.02. The van der Waals surface area contributed by atoms with Crippen LogP contribution in [0.2, 0.25) is 0 Å². The van der Waals surface area contributed by atoms with Crippen LogP contribution in [-0.4, -0.2) is 31.7 Å². The van der Waals surface area contributed by atoms with E-state index in [4.69, 9.17) is 14.2 Å². The van der Waals surface area contributed by atoms with Crippen LogP contribution < -0.4 is 14.8 Å². The number of carbonyl (C=O) groups excluding carboxylic acids is 2. The Kier molecular flexibility index (Phi) is 9.13. The summed E-state index contributed by atoms with van der Waals surface area (Å²) in [6, 6.07) is 13.0. The van der Waals surface area contributed by atoms with Crippen LogP contribution in [0.1, 0.15) is 51.2 Å². The number of allylic oxidation sites excluding steroid dienone is 1. The Morgan fingerprint density at radius 1 is 1.10 bits per heavy atom. The van der Waals surface area contributed by atoms with Gasteiger partial charge in [-0.25, -0.2) is 4.79 Å². The van der Waals surface area contributed by atoms with E-state index in [9.17, 15) is 9.59 Å². The lowest BCUT2D eigenvalue weighted by atomic mass is 9.97. The van der Waals surface area contributed by atoms with Gasteiger partial charge in [-0.2, -0.15) is 0 Å². The van der Waals surface area contributed by atoms with E-state index in [1.165, 1.54) is 14.0 Å². The minimum absolute atomic E-state index is 0.303. The molecule has 1 amide bonds. The van der Waals surface area contributed by atoms with Crippen molar-refractivity contribution in [2.24, 2.45) is 0 Å². The van der Waals surface area contributed by atoms with Gasteiger partial charge in [0, 0.05) is 5.69 Å². The Morgan fingerprint density at radius 2 is 1.84 bits per heavy atom. The van der Waals surface area contributed by atoms with Gasteiger partial charge in [0.15, 0.2) is 24.2 Å². The first kappa shape index (κ1) is 24.0. The normalized spacial score (nSPS) is 12.8. The molecule has 0 aromatic heterocycles. The molecule has 0 aliphatic carbocycles. The molecule has 31 heavy (non-hydrogen) atoms. The van der Waals surface area contributed by atoms with E-state index in [2.05, 4.69) is 19.2 Å². The molecule has 0 aliphatic heterocycles. The first-order valence-corrected chi connectivity index (χ1v) is 10.4. The van der Waals surface area contributed by atoms with Crippen LogP contribution in [0, 0.1) is 0 Å². The van der Waals surface area contributed by atoms with Crippen molar-refractivity contribution in [2.75, 3.05) is 19.0 Å². The van der Waals surface area contributed by atoms with Crippen molar-refractivity contribution in [2.45, 2.75) is 46.1 Å². The van der Waals surface area contributed by atoms with E-state index < -0.39 is 18.0 Å². The third kappa shape index (κ3) is 6.88. The van der Waals surface area contributed by atoms with Gasteiger partial charge in [-0.3, -0.25) is 4.79 Å². The highest BCUT2D eigenvalue weighted by Gasteiger charge is 2.20. The molecule has 0 fully saturated rings. The number of methoxy groups -OCH3 is 1. The summed E-state index contributed by atoms with van der Waals surface area (Å²) in [6.07, 6.45) is 3.84. The molecule has 2 rings (SSSR count). The molecule has 0 aliphatic rings. The number of esters is 1. The highest BCUT2D eigenvalue weighted by molar-refractivity contribution is 5.95. The van der Waals surface area contributed by atoms with Crippen molar-refractivity contribution in [1.82, 2.24) is 0 Å². The van der Waals surface area contributed by atoms with Crippen LogP contribution in [0.4, 0.5) is 5.69 Å². The number of ether oxygens (including phenoxy) is 3. The largest absolute Gasteiger partial charge is 0.493 e. The maximum absolute atomic E-state index is 12.5. The third-order valence-corrected chi connectivity index (χ3v) is 4.93. The zero-order valence-electron chi connectivity index (χ0n) is 18.8. The summed E-state index contributed by atoms with van der Waals surface area (Å²) < 4.78 is 16.1. The number of hydrogen-bond donors (Lipinski definition) is 1. The molecular formula is C25H31NO5. The predicted octanol–water partition coefficient (Wildman–Crippen LogP) is 5.19. The summed E-state index contributed by atoms with van der Waals surface area (Å²) in [5.41, 5.74) is 2.73. The van der Waals surface area contributed by atoms with Crippen molar-refractivity contribution < 1.29 is 23.8 Å². The van der Waals surface area contributed by atoms with E-state index in [-0.39, 0.29) is 6.61 Å². The van der Waals surface area contributed by atoms with Gasteiger partial charge in [0.2, 0.25) is 0 Å². The Morgan fingerprint density at radius 3 is 2.52 bits per heavy atom. The first-order valence-electron chi connectivity index (χ1n) is 10.4. The van der Waals surface area contributed by atoms with E-state index >= 15 is 0 Å². The summed E-state index contributed by atoms with van der Waals surface area (Å²) in [5.74, 6) is 0.204. The number of carbonyl (C=O) groups is 2. The van der Waals surface area contributed by atoms with Crippen LogP contribution in [0.5, 0.6) is 11.5 Å². The predicted molar refractivity (Wildman–Crippen MR) is 123 cm³/mol. The Labute approximate surface area is 184 Å².